The first kappa shape index (κ1) is 50.6. The highest BCUT2D eigenvalue weighted by Gasteiger charge is 2.44. The minimum absolute atomic E-state index is 0.284. The molecule has 0 saturated heterocycles. The summed E-state index contributed by atoms with van der Waals surface area (Å²) in [5.41, 5.74) is 28.8. The van der Waals surface area contributed by atoms with Gasteiger partial charge in [-0.15, -0.1) is 0 Å². The van der Waals surface area contributed by atoms with Gasteiger partial charge in [0.15, 0.2) is 0 Å². The second-order valence-corrected chi connectivity index (χ2v) is 25.3. The molecule has 18 rings (SSSR count). The van der Waals surface area contributed by atoms with E-state index in [4.69, 9.17) is 0 Å². The molecule has 0 heteroatoms. The molecule has 0 spiro atoms. The Morgan fingerprint density at radius 3 is 0.693 bits per heavy atom. The van der Waals surface area contributed by atoms with Crippen LogP contribution in [-0.2, 0) is 16.2 Å². The molecule has 0 nitrogen and oxygen atoms in total. The van der Waals surface area contributed by atoms with E-state index in [1.165, 1.54) is 171 Å². The Morgan fingerprint density at radius 2 is 0.386 bits per heavy atom. The molecule has 0 heterocycles. The zero-order valence-electron chi connectivity index (χ0n) is 49.4. The van der Waals surface area contributed by atoms with E-state index < -0.39 is 5.41 Å². The number of hydrogen-bond acceptors (Lipinski definition) is 0. The van der Waals surface area contributed by atoms with Gasteiger partial charge in [0.25, 0.3) is 0 Å². The molecule has 3 aliphatic rings. The molecule has 0 N–H and O–H groups in total. The van der Waals surface area contributed by atoms with Crippen LogP contribution in [0.5, 0.6) is 0 Å². The summed E-state index contributed by atoms with van der Waals surface area (Å²) >= 11 is 0. The quantitative estimate of drug-likeness (QED) is 0.140. The Labute approximate surface area is 514 Å². The molecule has 0 aromatic heterocycles. The third kappa shape index (κ3) is 6.92. The van der Waals surface area contributed by atoms with Crippen molar-refractivity contribution in [1.82, 2.24) is 0 Å². The molecule has 0 bridgehead atoms. The fraction of sp³-hybridized carbons (Fsp3) is 0.0682. The Balaban J connectivity index is 0.809. The van der Waals surface area contributed by atoms with Gasteiger partial charge in [-0.3, -0.25) is 0 Å². The van der Waals surface area contributed by atoms with Crippen molar-refractivity contribution in [2.45, 2.75) is 37.0 Å². The van der Waals surface area contributed by atoms with Crippen molar-refractivity contribution < 1.29 is 0 Å². The van der Waals surface area contributed by atoms with Gasteiger partial charge in [-0.1, -0.05) is 285 Å². The molecule has 15 aromatic carbocycles. The van der Waals surface area contributed by atoms with E-state index in [-0.39, 0.29) is 10.8 Å². The summed E-state index contributed by atoms with van der Waals surface area (Å²) in [7, 11) is 0. The van der Waals surface area contributed by atoms with Gasteiger partial charge in [0, 0.05) is 16.2 Å². The Bertz CT molecular complexity index is 5300. The van der Waals surface area contributed by atoms with E-state index in [0.717, 1.165) is 0 Å². The molecule has 0 fully saturated rings. The van der Waals surface area contributed by atoms with Crippen LogP contribution in [0.2, 0.25) is 0 Å². The maximum atomic E-state index is 2.55. The molecule has 0 amide bonds. The van der Waals surface area contributed by atoms with Crippen molar-refractivity contribution in [2.75, 3.05) is 0 Å². The molecule has 3 atom stereocenters. The number of fused-ring (bicyclic) bond motifs is 13. The van der Waals surface area contributed by atoms with Crippen LogP contribution in [0.25, 0.3) is 121 Å². The molecule has 3 unspecified atom stereocenters. The fourth-order valence-corrected chi connectivity index (χ4v) is 16.8. The van der Waals surface area contributed by atoms with E-state index in [0.29, 0.717) is 0 Å². The van der Waals surface area contributed by atoms with Gasteiger partial charge in [0.05, 0.1) is 0 Å². The van der Waals surface area contributed by atoms with Crippen molar-refractivity contribution in [3.05, 3.63) is 359 Å². The van der Waals surface area contributed by atoms with Gasteiger partial charge in [-0.25, -0.2) is 0 Å². The smallest absolute Gasteiger partial charge is 0.0435 e. The SMILES string of the molecule is CC1(c2ccccc2)c2ccccc2-c2ccc(-c3ccc4c(c3)C(C)(c3ccccc3)c3cc(-c5c6ccccc6c(-c6c7ccccc7c(-c7ccc8c(c7)C(C)(c7ccccc7)c7ccccc7-8)c7ccccc67)c6ccccc56)ccc3-4)cc21. The molecule has 88 heavy (non-hydrogen) atoms. The average Bonchev–Trinajstić information content (AvgIpc) is 1.25. The summed E-state index contributed by atoms with van der Waals surface area (Å²) in [6, 6.07) is 117. The number of rotatable bonds is 7. The molecule has 15 aromatic rings. The summed E-state index contributed by atoms with van der Waals surface area (Å²) in [6.45, 7) is 7.30. The lowest BCUT2D eigenvalue weighted by Crippen LogP contribution is -2.22. The second-order valence-electron chi connectivity index (χ2n) is 25.3. The topological polar surface area (TPSA) is 0 Å². The maximum Gasteiger partial charge on any atom is 0.0435 e. The third-order valence-electron chi connectivity index (χ3n) is 21.1. The summed E-state index contributed by atoms with van der Waals surface area (Å²) in [5.74, 6) is 0. The maximum absolute atomic E-state index is 2.55. The largest absolute Gasteiger partial charge is 0.0622 e. The third-order valence-corrected chi connectivity index (χ3v) is 21.1. The van der Waals surface area contributed by atoms with Crippen molar-refractivity contribution in [3.8, 4) is 77.9 Å². The minimum Gasteiger partial charge on any atom is -0.0622 e. The molecule has 412 valence electrons. The highest BCUT2D eigenvalue weighted by Crippen LogP contribution is 2.59. The predicted molar refractivity (Wildman–Crippen MR) is 371 cm³/mol. The average molecular weight is 1120 g/mol. The molecule has 0 aliphatic heterocycles. The summed E-state index contributed by atoms with van der Waals surface area (Å²) in [5, 5.41) is 9.97. The van der Waals surface area contributed by atoms with Gasteiger partial charge in [0.2, 0.25) is 0 Å². The second kappa shape index (κ2) is 18.9. The van der Waals surface area contributed by atoms with Crippen LogP contribution in [0.1, 0.15) is 70.8 Å². The molecule has 3 aliphatic carbocycles. The van der Waals surface area contributed by atoms with E-state index in [1.807, 2.05) is 0 Å². The van der Waals surface area contributed by atoms with Crippen LogP contribution in [0, 0.1) is 0 Å². The minimum atomic E-state index is -0.447. The van der Waals surface area contributed by atoms with Gasteiger partial charge < -0.3 is 0 Å². The summed E-state index contributed by atoms with van der Waals surface area (Å²) in [4.78, 5) is 0. The van der Waals surface area contributed by atoms with Gasteiger partial charge in [-0.2, -0.15) is 0 Å². The van der Waals surface area contributed by atoms with E-state index in [9.17, 15) is 0 Å². The standard InChI is InChI=1S/C88H60/c1-86(59-25-7-4-8-26-59)76-41-23-21-31-62(76)64-47-43-55(51-78(64)86)56-44-48-66-67-50-46-58(54-81(67)88(3,79(66)52-56)61-29-11-6-12-30-61)83-70-35-15-19-39-74(70)85(75-40-20-16-36-71(75)83)84-72-37-17-13-33-68(72)82(69-34-14-18-38-73(69)84)57-45-49-65-63-32-22-24-42-77(63)87(2,80(65)53-57)60-27-9-5-10-28-60/h4-54H,1-3H3. The van der Waals surface area contributed by atoms with Crippen molar-refractivity contribution >= 4 is 43.1 Å². The van der Waals surface area contributed by atoms with Crippen molar-refractivity contribution in [2.24, 2.45) is 0 Å². The zero-order valence-corrected chi connectivity index (χ0v) is 49.4. The van der Waals surface area contributed by atoms with E-state index >= 15 is 0 Å². The van der Waals surface area contributed by atoms with Crippen LogP contribution in [-0.4, -0.2) is 0 Å². The van der Waals surface area contributed by atoms with E-state index in [1.54, 1.807) is 0 Å². The summed E-state index contributed by atoms with van der Waals surface area (Å²) < 4.78 is 0. The monoisotopic (exact) mass is 1120 g/mol. The van der Waals surface area contributed by atoms with Gasteiger partial charge in [0.1, 0.15) is 0 Å². The highest BCUT2D eigenvalue weighted by atomic mass is 14.5. The Morgan fingerprint density at radius 1 is 0.170 bits per heavy atom. The zero-order chi connectivity index (χ0) is 58.5. The van der Waals surface area contributed by atoms with Crippen LogP contribution < -0.4 is 0 Å². The Kier molecular flexibility index (Phi) is 10.9. The fourth-order valence-electron chi connectivity index (χ4n) is 16.8. The van der Waals surface area contributed by atoms with Crippen LogP contribution >= 0.6 is 0 Å². The van der Waals surface area contributed by atoms with Crippen molar-refractivity contribution in [1.29, 1.82) is 0 Å². The lowest BCUT2D eigenvalue weighted by Gasteiger charge is -2.30. The number of hydrogen-bond donors (Lipinski definition) is 0. The lowest BCUT2D eigenvalue weighted by atomic mass is 9.72. The first-order chi connectivity index (χ1) is 43.3. The predicted octanol–water partition coefficient (Wildman–Crippen LogP) is 23.0. The van der Waals surface area contributed by atoms with Gasteiger partial charge in [-0.05, 0) is 216 Å². The Hall–Kier alpha value is -10.7. The molecular weight excluding hydrogens is 1060 g/mol. The molecular formula is C88H60. The van der Waals surface area contributed by atoms with Crippen LogP contribution in [0.4, 0.5) is 0 Å². The van der Waals surface area contributed by atoms with E-state index in [2.05, 4.69) is 330 Å². The highest BCUT2D eigenvalue weighted by molar-refractivity contribution is 6.30. The first-order valence-electron chi connectivity index (χ1n) is 31.1. The molecule has 0 saturated carbocycles. The van der Waals surface area contributed by atoms with Gasteiger partial charge >= 0.3 is 0 Å². The van der Waals surface area contributed by atoms with Crippen molar-refractivity contribution in [3.63, 3.8) is 0 Å². The van der Waals surface area contributed by atoms with Crippen LogP contribution in [0.3, 0.4) is 0 Å². The normalized spacial score (nSPS) is 17.6. The number of benzene rings is 15. The lowest BCUT2D eigenvalue weighted by molar-refractivity contribution is 0.713. The molecule has 0 radical (unpaired) electrons. The first-order valence-corrected chi connectivity index (χ1v) is 31.1. The summed E-state index contributed by atoms with van der Waals surface area (Å²) in [6.07, 6.45) is 0. The van der Waals surface area contributed by atoms with Crippen LogP contribution in [0.15, 0.2) is 309 Å².